The van der Waals surface area contributed by atoms with Crippen molar-refractivity contribution in [1.29, 1.82) is 0 Å². The minimum absolute atomic E-state index is 0.198. The Morgan fingerprint density at radius 1 is 0.900 bits per heavy atom. The Labute approximate surface area is 119 Å². The summed E-state index contributed by atoms with van der Waals surface area (Å²) >= 11 is 0. The largest absolute Gasteiger partial charge is 0.276 e. The van der Waals surface area contributed by atoms with Gasteiger partial charge in [-0.15, -0.1) is 0 Å². The lowest BCUT2D eigenvalue weighted by Crippen LogP contribution is -2.18. The Hall–Kier alpha value is -2.14. The van der Waals surface area contributed by atoms with Gasteiger partial charge in [0.15, 0.2) is 0 Å². The number of sulfonamides is 1. The summed E-state index contributed by atoms with van der Waals surface area (Å²) in [5.74, 6) is 0. The molecule has 0 atom stereocenters. The molecule has 104 valence electrons. The zero-order valence-electron chi connectivity index (χ0n) is 11.4. The van der Waals surface area contributed by atoms with Crippen molar-refractivity contribution >= 4 is 16.2 Å². The van der Waals surface area contributed by atoms with Crippen LogP contribution in [-0.2, 0) is 10.0 Å². The summed E-state index contributed by atoms with van der Waals surface area (Å²) in [6.07, 6.45) is 1.48. The average molecular weight is 288 g/mol. The first-order valence-corrected chi connectivity index (χ1v) is 7.64. The molecule has 0 amide bonds. The van der Waals surface area contributed by atoms with Crippen molar-refractivity contribution in [2.75, 3.05) is 0 Å². The van der Waals surface area contributed by atoms with E-state index in [0.29, 0.717) is 0 Å². The van der Waals surface area contributed by atoms with E-state index in [1.807, 2.05) is 38.1 Å². The molecule has 0 fully saturated rings. The minimum atomic E-state index is -3.60. The molecule has 2 aromatic carbocycles. The van der Waals surface area contributed by atoms with Crippen LogP contribution < -0.4 is 4.83 Å². The van der Waals surface area contributed by atoms with Crippen LogP contribution >= 0.6 is 0 Å². The fourth-order valence-electron chi connectivity index (χ4n) is 1.59. The van der Waals surface area contributed by atoms with Gasteiger partial charge in [-0.3, -0.25) is 0 Å². The van der Waals surface area contributed by atoms with Gasteiger partial charge < -0.3 is 0 Å². The molecule has 0 unspecified atom stereocenters. The molecule has 0 aliphatic carbocycles. The predicted octanol–water partition coefficient (Wildman–Crippen LogP) is 2.62. The van der Waals surface area contributed by atoms with Gasteiger partial charge in [0.25, 0.3) is 10.0 Å². The summed E-state index contributed by atoms with van der Waals surface area (Å²) < 4.78 is 23.9. The van der Waals surface area contributed by atoms with Gasteiger partial charge in [-0.05, 0) is 31.5 Å². The number of hydrazone groups is 1. The van der Waals surface area contributed by atoms with E-state index in [9.17, 15) is 8.42 Å². The fourth-order valence-corrected chi connectivity index (χ4v) is 2.38. The molecular weight excluding hydrogens is 272 g/mol. The van der Waals surface area contributed by atoms with E-state index in [4.69, 9.17) is 0 Å². The zero-order valence-corrected chi connectivity index (χ0v) is 12.2. The van der Waals surface area contributed by atoms with Crippen LogP contribution in [0.15, 0.2) is 58.5 Å². The van der Waals surface area contributed by atoms with Crippen molar-refractivity contribution in [3.05, 3.63) is 65.2 Å². The molecule has 0 aliphatic rings. The molecule has 1 N–H and O–H groups in total. The molecule has 0 bridgehead atoms. The molecule has 0 saturated heterocycles. The molecular formula is C15H16N2O2S. The van der Waals surface area contributed by atoms with Gasteiger partial charge in [0.2, 0.25) is 0 Å². The van der Waals surface area contributed by atoms with E-state index in [1.165, 1.54) is 6.21 Å². The second kappa shape index (κ2) is 5.88. The standard InChI is InChI=1S/C15H16N2O2S/c1-12-3-7-14(8-4-12)11-16-17-20(18,19)15-9-5-13(2)6-10-15/h3-11,17H,1-2H3. The van der Waals surface area contributed by atoms with E-state index < -0.39 is 10.0 Å². The summed E-state index contributed by atoms with van der Waals surface area (Å²) in [6.45, 7) is 3.89. The molecule has 0 spiro atoms. The Morgan fingerprint density at radius 3 is 1.95 bits per heavy atom. The minimum Gasteiger partial charge on any atom is -0.200 e. The number of rotatable bonds is 4. The van der Waals surface area contributed by atoms with Gasteiger partial charge in [0, 0.05) is 0 Å². The summed E-state index contributed by atoms with van der Waals surface area (Å²) in [5, 5.41) is 3.78. The van der Waals surface area contributed by atoms with Crippen molar-refractivity contribution in [2.24, 2.45) is 5.10 Å². The molecule has 0 heterocycles. The molecule has 4 nitrogen and oxygen atoms in total. The number of hydrogen-bond donors (Lipinski definition) is 1. The van der Waals surface area contributed by atoms with Crippen molar-refractivity contribution in [2.45, 2.75) is 18.7 Å². The summed E-state index contributed by atoms with van der Waals surface area (Å²) in [6, 6.07) is 14.2. The molecule has 0 radical (unpaired) electrons. The Morgan fingerprint density at radius 2 is 1.40 bits per heavy atom. The van der Waals surface area contributed by atoms with E-state index >= 15 is 0 Å². The maximum atomic E-state index is 12.0. The first-order chi connectivity index (χ1) is 9.47. The normalized spacial score (nSPS) is 11.7. The van der Waals surface area contributed by atoms with Crippen molar-refractivity contribution < 1.29 is 8.42 Å². The third-order valence-electron chi connectivity index (χ3n) is 2.80. The Balaban J connectivity index is 2.09. The molecule has 5 heteroatoms. The first-order valence-electron chi connectivity index (χ1n) is 6.15. The number of hydrogen-bond acceptors (Lipinski definition) is 3. The predicted molar refractivity (Wildman–Crippen MR) is 80.3 cm³/mol. The van der Waals surface area contributed by atoms with E-state index in [1.54, 1.807) is 24.3 Å². The van der Waals surface area contributed by atoms with Gasteiger partial charge in [-0.25, -0.2) is 4.83 Å². The van der Waals surface area contributed by atoms with Crippen LogP contribution in [-0.4, -0.2) is 14.6 Å². The number of aryl methyl sites for hydroxylation is 2. The Bertz CT molecular complexity index is 703. The average Bonchev–Trinajstić information content (AvgIpc) is 2.41. The summed E-state index contributed by atoms with van der Waals surface area (Å²) in [4.78, 5) is 2.40. The second-order valence-electron chi connectivity index (χ2n) is 4.58. The first kappa shape index (κ1) is 14.3. The molecule has 20 heavy (non-hydrogen) atoms. The summed E-state index contributed by atoms with van der Waals surface area (Å²) in [7, 11) is -3.60. The molecule has 2 aromatic rings. The van der Waals surface area contributed by atoms with Gasteiger partial charge >= 0.3 is 0 Å². The SMILES string of the molecule is Cc1ccc(C=NNS(=O)(=O)c2ccc(C)cc2)cc1. The molecule has 0 aromatic heterocycles. The number of nitrogens with zero attached hydrogens (tertiary/aromatic N) is 1. The monoisotopic (exact) mass is 288 g/mol. The lowest BCUT2D eigenvalue weighted by atomic mass is 10.2. The van der Waals surface area contributed by atoms with Gasteiger partial charge in [-0.1, -0.05) is 47.5 Å². The third-order valence-corrected chi connectivity index (χ3v) is 4.03. The lowest BCUT2D eigenvalue weighted by Gasteiger charge is -2.03. The second-order valence-corrected chi connectivity index (χ2v) is 6.24. The number of nitrogens with one attached hydrogen (secondary N) is 1. The van der Waals surface area contributed by atoms with Gasteiger partial charge in [0.1, 0.15) is 0 Å². The van der Waals surface area contributed by atoms with Crippen molar-refractivity contribution in [1.82, 2.24) is 4.83 Å². The van der Waals surface area contributed by atoms with Crippen molar-refractivity contribution in [3.63, 3.8) is 0 Å². The zero-order chi connectivity index (χ0) is 14.6. The van der Waals surface area contributed by atoms with Crippen LogP contribution in [0.4, 0.5) is 0 Å². The quantitative estimate of drug-likeness (QED) is 0.694. The maximum Gasteiger partial charge on any atom is 0.276 e. The van der Waals surface area contributed by atoms with Crippen molar-refractivity contribution in [3.8, 4) is 0 Å². The smallest absolute Gasteiger partial charge is 0.200 e. The van der Waals surface area contributed by atoms with Crippen LogP contribution in [0, 0.1) is 13.8 Å². The Kier molecular flexibility index (Phi) is 4.20. The molecule has 0 aliphatic heterocycles. The lowest BCUT2D eigenvalue weighted by molar-refractivity contribution is 0.584. The van der Waals surface area contributed by atoms with E-state index in [-0.39, 0.29) is 4.90 Å². The fraction of sp³-hybridized carbons (Fsp3) is 0.133. The van der Waals surface area contributed by atoms with E-state index in [2.05, 4.69) is 9.93 Å². The van der Waals surface area contributed by atoms with Gasteiger partial charge in [0.05, 0.1) is 11.1 Å². The maximum absolute atomic E-state index is 12.0. The highest BCUT2D eigenvalue weighted by Gasteiger charge is 2.11. The van der Waals surface area contributed by atoms with Crippen LogP contribution in [0.25, 0.3) is 0 Å². The highest BCUT2D eigenvalue weighted by atomic mass is 32.2. The van der Waals surface area contributed by atoms with Crippen LogP contribution in [0.5, 0.6) is 0 Å². The van der Waals surface area contributed by atoms with Crippen LogP contribution in [0.2, 0.25) is 0 Å². The number of benzene rings is 2. The van der Waals surface area contributed by atoms with Crippen LogP contribution in [0.3, 0.4) is 0 Å². The van der Waals surface area contributed by atoms with Crippen LogP contribution in [0.1, 0.15) is 16.7 Å². The highest BCUT2D eigenvalue weighted by molar-refractivity contribution is 7.89. The molecule has 2 rings (SSSR count). The molecule has 0 saturated carbocycles. The van der Waals surface area contributed by atoms with E-state index in [0.717, 1.165) is 16.7 Å². The topological polar surface area (TPSA) is 58.5 Å². The summed E-state index contributed by atoms with van der Waals surface area (Å²) in [5.41, 5.74) is 2.98. The third kappa shape index (κ3) is 3.68. The van der Waals surface area contributed by atoms with Gasteiger partial charge in [-0.2, -0.15) is 13.5 Å². The highest BCUT2D eigenvalue weighted by Crippen LogP contribution is 2.09.